The second kappa shape index (κ2) is 4.35. The van der Waals surface area contributed by atoms with Crippen LogP contribution in [0.2, 0.25) is 0 Å². The third kappa shape index (κ3) is 2.25. The van der Waals surface area contributed by atoms with E-state index in [0.29, 0.717) is 0 Å². The number of ether oxygens (including phenoxy) is 3. The van der Waals surface area contributed by atoms with Crippen LogP contribution in [0.25, 0.3) is 0 Å². The van der Waals surface area contributed by atoms with Crippen LogP contribution >= 0.6 is 0 Å². The van der Waals surface area contributed by atoms with Crippen LogP contribution in [0, 0.1) is 0 Å². The highest BCUT2D eigenvalue weighted by Gasteiger charge is 2.87. The van der Waals surface area contributed by atoms with E-state index in [1.54, 1.807) is 0 Å². The molecular weight excluding hydrogens is 334 g/mol. The standard InChI is InChI=1S/C8H6F10O3/c1-3(5(9,10)11)7(15,16)21-8(17,18)4(19-2,20-3)6(12,13)14/h1-2H3. The van der Waals surface area contributed by atoms with Crippen molar-refractivity contribution in [3.8, 4) is 0 Å². The first-order valence-corrected chi connectivity index (χ1v) is 4.82. The Hall–Kier alpha value is -0.820. The van der Waals surface area contributed by atoms with Crippen molar-refractivity contribution in [3.63, 3.8) is 0 Å². The van der Waals surface area contributed by atoms with Gasteiger partial charge in [0.2, 0.25) is 0 Å². The van der Waals surface area contributed by atoms with Crippen molar-refractivity contribution in [3.05, 3.63) is 0 Å². The molecule has 0 aromatic carbocycles. The fourth-order valence-corrected chi connectivity index (χ4v) is 1.45. The minimum atomic E-state index is -6.31. The van der Waals surface area contributed by atoms with Crippen LogP contribution in [0.5, 0.6) is 0 Å². The van der Waals surface area contributed by atoms with Crippen LogP contribution in [-0.2, 0) is 14.2 Å². The molecule has 0 saturated carbocycles. The molecule has 0 aromatic heterocycles. The molecule has 3 nitrogen and oxygen atoms in total. The second-order valence-electron chi connectivity index (χ2n) is 4.09. The largest absolute Gasteiger partial charge is 0.452 e. The highest BCUT2D eigenvalue weighted by atomic mass is 19.4. The molecule has 13 heteroatoms. The van der Waals surface area contributed by atoms with Crippen LogP contribution in [0.1, 0.15) is 6.92 Å². The predicted molar refractivity (Wildman–Crippen MR) is 42.3 cm³/mol. The molecule has 1 aliphatic heterocycles. The monoisotopic (exact) mass is 340 g/mol. The molecule has 0 aromatic rings. The van der Waals surface area contributed by atoms with Crippen molar-refractivity contribution in [2.24, 2.45) is 0 Å². The lowest BCUT2D eigenvalue weighted by Crippen LogP contribution is -2.77. The van der Waals surface area contributed by atoms with Crippen LogP contribution < -0.4 is 0 Å². The summed E-state index contributed by atoms with van der Waals surface area (Å²) in [6, 6.07) is 0. The topological polar surface area (TPSA) is 27.7 Å². The second-order valence-corrected chi connectivity index (χ2v) is 4.09. The maximum absolute atomic E-state index is 13.2. The summed E-state index contributed by atoms with van der Waals surface area (Å²) in [5.41, 5.74) is -5.02. The van der Waals surface area contributed by atoms with Crippen LogP contribution in [0.4, 0.5) is 43.9 Å². The third-order valence-corrected chi connectivity index (χ3v) is 2.74. The zero-order valence-electron chi connectivity index (χ0n) is 10.0. The Morgan fingerprint density at radius 3 is 1.48 bits per heavy atom. The van der Waals surface area contributed by atoms with Gasteiger partial charge in [0.05, 0.1) is 0 Å². The Morgan fingerprint density at radius 1 is 0.762 bits per heavy atom. The Balaban J connectivity index is 3.57. The normalized spacial score (nSPS) is 36.6. The third-order valence-electron chi connectivity index (χ3n) is 2.74. The summed E-state index contributed by atoms with van der Waals surface area (Å²) in [6.07, 6.45) is -24.2. The molecule has 1 heterocycles. The fourth-order valence-electron chi connectivity index (χ4n) is 1.45. The van der Waals surface area contributed by atoms with Crippen molar-refractivity contribution in [1.82, 2.24) is 0 Å². The summed E-state index contributed by atoms with van der Waals surface area (Å²) in [5, 5.41) is 0. The lowest BCUT2D eigenvalue weighted by molar-refractivity contribution is -0.610. The lowest BCUT2D eigenvalue weighted by atomic mass is 10.0. The number of alkyl halides is 10. The summed E-state index contributed by atoms with van der Waals surface area (Å²) in [6.45, 7) is -0.568. The minimum Gasteiger partial charge on any atom is -0.339 e. The first kappa shape index (κ1) is 18.2. The van der Waals surface area contributed by atoms with Gasteiger partial charge in [-0.1, -0.05) is 0 Å². The molecule has 1 aliphatic rings. The molecule has 21 heavy (non-hydrogen) atoms. The maximum atomic E-state index is 13.2. The predicted octanol–water partition coefficient (Wildman–Crippen LogP) is 3.44. The van der Waals surface area contributed by atoms with Crippen LogP contribution in [0.3, 0.4) is 0 Å². The van der Waals surface area contributed by atoms with Gasteiger partial charge in [-0.2, -0.15) is 43.9 Å². The van der Waals surface area contributed by atoms with Crippen LogP contribution in [0.15, 0.2) is 0 Å². The quantitative estimate of drug-likeness (QED) is 0.685. The van der Waals surface area contributed by atoms with E-state index >= 15 is 0 Å². The van der Waals surface area contributed by atoms with E-state index in [1.165, 1.54) is 0 Å². The van der Waals surface area contributed by atoms with Gasteiger partial charge in [0.25, 0.3) is 5.60 Å². The lowest BCUT2D eigenvalue weighted by Gasteiger charge is -2.51. The highest BCUT2D eigenvalue weighted by molar-refractivity contribution is 5.03. The van der Waals surface area contributed by atoms with Gasteiger partial charge >= 0.3 is 30.4 Å². The number of hydrogen-bond donors (Lipinski definition) is 0. The first-order chi connectivity index (χ1) is 8.97. The molecule has 0 amide bonds. The Kier molecular flexibility index (Phi) is 3.78. The Bertz CT molecular complexity index is 416. The molecule has 1 rings (SSSR count). The number of hydrogen-bond acceptors (Lipinski definition) is 3. The molecule has 2 unspecified atom stereocenters. The molecule has 1 saturated heterocycles. The number of halogens is 10. The summed E-state index contributed by atoms with van der Waals surface area (Å²) in [5.74, 6) is -5.36. The number of methoxy groups -OCH3 is 1. The van der Waals surface area contributed by atoms with Crippen molar-refractivity contribution in [1.29, 1.82) is 0 Å². The van der Waals surface area contributed by atoms with E-state index < -0.39 is 42.9 Å². The molecular formula is C8H6F10O3. The van der Waals surface area contributed by atoms with Crippen LogP contribution in [-0.4, -0.2) is 43.1 Å². The van der Waals surface area contributed by atoms with Gasteiger partial charge in [-0.25, -0.2) is 4.74 Å². The Morgan fingerprint density at radius 2 is 1.19 bits per heavy atom. The van der Waals surface area contributed by atoms with Crippen molar-refractivity contribution < 1.29 is 58.1 Å². The minimum absolute atomic E-state index is 0.0922. The summed E-state index contributed by atoms with van der Waals surface area (Å²) < 4.78 is 137. The molecule has 126 valence electrons. The molecule has 2 atom stereocenters. The smallest absolute Gasteiger partial charge is 0.339 e. The molecule has 0 aliphatic carbocycles. The van der Waals surface area contributed by atoms with Gasteiger partial charge in [-0.05, 0) is 6.92 Å². The van der Waals surface area contributed by atoms with Crippen molar-refractivity contribution in [2.75, 3.05) is 7.11 Å². The SMILES string of the molecule is COC1(C(F)(F)F)OC(C)(C(F)(F)F)C(F)(F)OC1(F)F. The van der Waals surface area contributed by atoms with Gasteiger partial charge in [-0.15, -0.1) is 0 Å². The molecule has 0 radical (unpaired) electrons. The van der Waals surface area contributed by atoms with E-state index in [9.17, 15) is 43.9 Å². The fraction of sp³-hybridized carbons (Fsp3) is 1.00. The summed E-state index contributed by atoms with van der Waals surface area (Å²) >= 11 is 0. The maximum Gasteiger partial charge on any atom is 0.452 e. The molecule has 0 spiro atoms. The van der Waals surface area contributed by atoms with E-state index in [1.807, 2.05) is 0 Å². The Labute approximate surface area is 109 Å². The van der Waals surface area contributed by atoms with E-state index in [4.69, 9.17) is 0 Å². The van der Waals surface area contributed by atoms with E-state index in [0.717, 1.165) is 0 Å². The summed E-state index contributed by atoms with van der Waals surface area (Å²) in [7, 11) is -0.0922. The zero-order valence-corrected chi connectivity index (χ0v) is 10.0. The van der Waals surface area contributed by atoms with Gasteiger partial charge in [0.15, 0.2) is 0 Å². The zero-order chi connectivity index (χ0) is 17.1. The van der Waals surface area contributed by atoms with Crippen molar-refractivity contribution in [2.45, 2.75) is 42.9 Å². The first-order valence-electron chi connectivity index (χ1n) is 4.82. The van der Waals surface area contributed by atoms with Gasteiger partial charge in [0.1, 0.15) is 0 Å². The average molecular weight is 340 g/mol. The summed E-state index contributed by atoms with van der Waals surface area (Å²) in [4.78, 5) is 0. The van der Waals surface area contributed by atoms with E-state index in [-0.39, 0.29) is 7.11 Å². The van der Waals surface area contributed by atoms with Gasteiger partial charge < -0.3 is 9.47 Å². The number of rotatable bonds is 1. The molecule has 1 fully saturated rings. The average Bonchev–Trinajstić information content (AvgIpc) is 2.18. The van der Waals surface area contributed by atoms with Gasteiger partial charge in [-0.3, -0.25) is 0 Å². The van der Waals surface area contributed by atoms with Gasteiger partial charge in [0, 0.05) is 7.11 Å². The highest BCUT2D eigenvalue weighted by Crippen LogP contribution is 2.60. The molecule has 0 N–H and O–H groups in total. The van der Waals surface area contributed by atoms with Crippen molar-refractivity contribution >= 4 is 0 Å². The molecule has 0 bridgehead atoms. The van der Waals surface area contributed by atoms with E-state index in [2.05, 4.69) is 14.2 Å².